The molecule has 35 heavy (non-hydrogen) atoms. The normalized spacial score (nSPS) is 15.7. The van der Waals surface area contributed by atoms with Crippen molar-refractivity contribution in [3.05, 3.63) is 36.4 Å². The van der Waals surface area contributed by atoms with Crippen LogP contribution in [-0.4, -0.2) is 53.3 Å². The van der Waals surface area contributed by atoms with E-state index in [4.69, 9.17) is 14.9 Å². The molecule has 1 aromatic carbocycles. The zero-order valence-corrected chi connectivity index (χ0v) is 23.9. The van der Waals surface area contributed by atoms with Crippen molar-refractivity contribution in [2.45, 2.75) is 98.0 Å². The molecule has 0 fully saturated rings. The molecule has 1 aliphatic rings. The summed E-state index contributed by atoms with van der Waals surface area (Å²) < 4.78 is 5.35. The molecule has 0 radical (unpaired) electrons. The number of carbonyl (C=O) groups excluding carboxylic acids is 2. The Labute approximate surface area is 217 Å². The molecule has 7 nitrogen and oxygen atoms in total. The molecule has 2 rings (SSSR count). The Morgan fingerprint density at radius 2 is 1.80 bits per heavy atom. The lowest BCUT2D eigenvalue weighted by molar-refractivity contribution is -0.134. The van der Waals surface area contributed by atoms with Crippen LogP contribution in [0.3, 0.4) is 0 Å². The number of anilines is 1. The minimum Gasteiger partial charge on any atom is -0.372 e. The number of rotatable bonds is 7. The Balaban J connectivity index is 0. The summed E-state index contributed by atoms with van der Waals surface area (Å²) in [5.41, 5.74) is 0.957. The van der Waals surface area contributed by atoms with E-state index in [1.165, 1.54) is 14.0 Å². The van der Waals surface area contributed by atoms with Gasteiger partial charge >= 0.3 is 0 Å². The van der Waals surface area contributed by atoms with Gasteiger partial charge in [-0.2, -0.15) is 0 Å². The van der Waals surface area contributed by atoms with Crippen LogP contribution in [0.5, 0.6) is 0 Å². The number of thioether (sulfide) groups is 1. The quantitative estimate of drug-likeness (QED) is 0.222. The second-order valence-electron chi connectivity index (χ2n) is 8.41. The first-order valence-corrected chi connectivity index (χ1v) is 13.4. The lowest BCUT2D eigenvalue weighted by atomic mass is 9.95. The summed E-state index contributed by atoms with van der Waals surface area (Å²) in [7, 11) is 1.53. The number of ether oxygens (including phenoxy) is 1. The lowest BCUT2D eigenvalue weighted by Gasteiger charge is -2.19. The van der Waals surface area contributed by atoms with E-state index in [1.54, 1.807) is 11.8 Å². The fourth-order valence-corrected chi connectivity index (χ4v) is 3.78. The van der Waals surface area contributed by atoms with Crippen molar-refractivity contribution in [3.8, 4) is 0 Å². The minimum absolute atomic E-state index is 0.167. The van der Waals surface area contributed by atoms with Crippen LogP contribution in [0.1, 0.15) is 74.7 Å². The molecule has 0 saturated heterocycles. The first-order chi connectivity index (χ1) is 16.5. The Morgan fingerprint density at radius 3 is 2.34 bits per heavy atom. The second kappa shape index (κ2) is 20.3. The Kier molecular flexibility index (Phi) is 20.5. The van der Waals surface area contributed by atoms with Crippen LogP contribution in [0.2, 0.25) is 0 Å². The number of aliphatic hydroxyl groups is 2. The Hall–Kier alpha value is -1.87. The molecule has 1 heterocycles. The third-order valence-electron chi connectivity index (χ3n) is 4.22. The standard InChI is InChI=1S/C21H30N2O3S.C2H6O2.2C2H6/c1-21(2,3)13-9-5-6-11-17(26-4)20(25)23-16-14-27-18-12-8-7-10-15(18)22-19(16)24;1-2(3)4;2*1-2/h7-10,12-13,16-17H,5-6,11,14H2,1-4H3,(H,22,24)(H,23,25);2-4H,1H3;2*1-2H3/b13-9+;;;. The first-order valence-electron chi connectivity index (χ1n) is 12.4. The van der Waals surface area contributed by atoms with E-state index >= 15 is 0 Å². The van der Waals surface area contributed by atoms with Crippen molar-refractivity contribution < 1.29 is 24.5 Å². The van der Waals surface area contributed by atoms with Gasteiger partial charge in [0.2, 0.25) is 11.8 Å². The highest BCUT2D eigenvalue weighted by molar-refractivity contribution is 7.99. The average molecular weight is 513 g/mol. The number of carbonyl (C=O) groups is 2. The largest absolute Gasteiger partial charge is 0.372 e. The number of hydrogen-bond acceptors (Lipinski definition) is 6. The van der Waals surface area contributed by atoms with Crippen LogP contribution in [0.4, 0.5) is 5.69 Å². The van der Waals surface area contributed by atoms with E-state index in [0.29, 0.717) is 12.2 Å². The highest BCUT2D eigenvalue weighted by Gasteiger charge is 2.28. The third kappa shape index (κ3) is 17.2. The van der Waals surface area contributed by atoms with Gasteiger partial charge in [-0.1, -0.05) is 72.8 Å². The third-order valence-corrected chi connectivity index (χ3v) is 5.38. The summed E-state index contributed by atoms with van der Waals surface area (Å²) in [4.78, 5) is 26.0. The molecule has 2 atom stereocenters. The molecular weight excluding hydrogens is 464 g/mol. The van der Waals surface area contributed by atoms with E-state index in [1.807, 2.05) is 52.0 Å². The van der Waals surface area contributed by atoms with Gasteiger partial charge in [0.15, 0.2) is 0 Å². The van der Waals surface area contributed by atoms with Crippen LogP contribution in [0, 0.1) is 5.41 Å². The predicted molar refractivity (Wildman–Crippen MR) is 148 cm³/mol. The summed E-state index contributed by atoms with van der Waals surface area (Å²) >= 11 is 1.56. The van der Waals surface area contributed by atoms with Crippen molar-refractivity contribution in [1.29, 1.82) is 0 Å². The van der Waals surface area contributed by atoms with Crippen molar-refractivity contribution in [3.63, 3.8) is 0 Å². The molecule has 2 unspecified atom stereocenters. The average Bonchev–Trinajstić information content (AvgIpc) is 2.96. The van der Waals surface area contributed by atoms with E-state index in [9.17, 15) is 9.59 Å². The summed E-state index contributed by atoms with van der Waals surface area (Å²) in [6.45, 7) is 15.7. The summed E-state index contributed by atoms with van der Waals surface area (Å²) in [5, 5.41) is 21.0. The lowest BCUT2D eigenvalue weighted by Crippen LogP contribution is -2.48. The SMILES string of the molecule is CC.CC.CC(O)O.COC(CCC/C=C/C(C)(C)C)C(=O)NC1CSc2ccccc2NC1=O. The molecule has 0 spiro atoms. The molecule has 0 aromatic heterocycles. The van der Waals surface area contributed by atoms with Gasteiger partial charge in [-0.15, -0.1) is 11.8 Å². The van der Waals surface area contributed by atoms with Crippen LogP contribution < -0.4 is 10.6 Å². The van der Waals surface area contributed by atoms with E-state index < -0.39 is 18.4 Å². The summed E-state index contributed by atoms with van der Waals surface area (Å²) in [6.07, 6.45) is 5.00. The molecule has 0 saturated carbocycles. The molecule has 4 N–H and O–H groups in total. The highest BCUT2D eigenvalue weighted by atomic mass is 32.2. The topological polar surface area (TPSA) is 108 Å². The maximum absolute atomic E-state index is 12.6. The number of unbranched alkanes of at least 4 members (excludes halogenated alkanes) is 1. The van der Waals surface area contributed by atoms with Gasteiger partial charge in [0, 0.05) is 17.8 Å². The van der Waals surface area contributed by atoms with Crippen molar-refractivity contribution >= 4 is 29.3 Å². The van der Waals surface area contributed by atoms with Crippen LogP contribution in [-0.2, 0) is 14.3 Å². The molecule has 0 bridgehead atoms. The fraction of sp³-hybridized carbons (Fsp3) is 0.630. The van der Waals surface area contributed by atoms with Gasteiger partial charge in [-0.3, -0.25) is 9.59 Å². The number of fused-ring (bicyclic) bond motifs is 1. The molecule has 0 aliphatic carbocycles. The number of benzene rings is 1. The van der Waals surface area contributed by atoms with Gasteiger partial charge in [-0.25, -0.2) is 0 Å². The number of methoxy groups -OCH3 is 1. The molecular formula is C27H48N2O5S. The van der Waals surface area contributed by atoms with Crippen LogP contribution in [0.25, 0.3) is 0 Å². The highest BCUT2D eigenvalue weighted by Crippen LogP contribution is 2.30. The summed E-state index contributed by atoms with van der Waals surface area (Å²) in [5.74, 6) is 0.0760. The zero-order chi connectivity index (χ0) is 27.4. The smallest absolute Gasteiger partial charge is 0.249 e. The van der Waals surface area contributed by atoms with Gasteiger partial charge < -0.3 is 25.6 Å². The number of aliphatic hydroxyl groups excluding tert-OH is 1. The molecule has 1 aromatic rings. The van der Waals surface area contributed by atoms with E-state index in [2.05, 4.69) is 43.6 Å². The van der Waals surface area contributed by atoms with Crippen LogP contribution >= 0.6 is 11.8 Å². The fourth-order valence-electron chi connectivity index (χ4n) is 2.75. The van der Waals surface area contributed by atoms with Gasteiger partial charge in [-0.05, 0) is 43.7 Å². The summed E-state index contributed by atoms with van der Waals surface area (Å²) in [6, 6.07) is 7.08. The van der Waals surface area contributed by atoms with E-state index in [-0.39, 0.29) is 17.2 Å². The number of para-hydroxylation sites is 1. The molecule has 1 aliphatic heterocycles. The monoisotopic (exact) mass is 512 g/mol. The maximum Gasteiger partial charge on any atom is 0.249 e. The molecule has 202 valence electrons. The molecule has 8 heteroatoms. The number of allylic oxidation sites excluding steroid dienone is 2. The predicted octanol–water partition coefficient (Wildman–Crippen LogP) is 5.37. The maximum atomic E-state index is 12.6. The zero-order valence-electron chi connectivity index (χ0n) is 23.1. The Bertz CT molecular complexity index is 730. The van der Waals surface area contributed by atoms with Crippen molar-refractivity contribution in [1.82, 2.24) is 5.32 Å². The number of nitrogens with one attached hydrogen (secondary N) is 2. The van der Waals surface area contributed by atoms with Crippen molar-refractivity contribution in [2.24, 2.45) is 5.41 Å². The van der Waals surface area contributed by atoms with E-state index in [0.717, 1.165) is 23.4 Å². The van der Waals surface area contributed by atoms with Crippen LogP contribution in [0.15, 0.2) is 41.3 Å². The second-order valence-corrected chi connectivity index (χ2v) is 9.47. The minimum atomic E-state index is -1.17. The van der Waals surface area contributed by atoms with Gasteiger partial charge in [0.05, 0.1) is 5.69 Å². The Morgan fingerprint density at radius 1 is 1.23 bits per heavy atom. The van der Waals surface area contributed by atoms with Crippen molar-refractivity contribution in [2.75, 3.05) is 18.2 Å². The van der Waals surface area contributed by atoms with Gasteiger partial charge in [0.25, 0.3) is 0 Å². The molecule has 2 amide bonds. The number of amides is 2. The number of hydrogen-bond donors (Lipinski definition) is 4. The van der Waals surface area contributed by atoms with Gasteiger partial charge in [0.1, 0.15) is 18.4 Å². The first kappa shape index (κ1) is 35.3.